The highest BCUT2D eigenvalue weighted by molar-refractivity contribution is 9.10. The fraction of sp³-hybridized carbons (Fsp3) is 0.143. The van der Waals surface area contributed by atoms with Gasteiger partial charge < -0.3 is 9.47 Å². The highest BCUT2D eigenvalue weighted by atomic mass is 79.9. The van der Waals surface area contributed by atoms with Crippen LogP contribution in [0.2, 0.25) is 10.0 Å². The van der Waals surface area contributed by atoms with Crippen LogP contribution >= 0.6 is 51.3 Å². The highest BCUT2D eigenvalue weighted by Crippen LogP contribution is 2.37. The monoisotopic (exact) mass is 553 g/mol. The molecular weight excluding hydrogens is 541 g/mol. The molecule has 0 atom stereocenters. The lowest BCUT2D eigenvalue weighted by Crippen LogP contribution is -2.54. The Hall–Kier alpha value is -2.64. The summed E-state index contributed by atoms with van der Waals surface area (Å²) >= 11 is 20.9. The number of anilines is 1. The zero-order chi connectivity index (χ0) is 23.4. The van der Waals surface area contributed by atoms with Crippen molar-refractivity contribution in [2.24, 2.45) is 0 Å². The Balaban J connectivity index is 2.07. The summed E-state index contributed by atoms with van der Waals surface area (Å²) in [6.07, 6.45) is 1.39. The summed E-state index contributed by atoms with van der Waals surface area (Å²) in [7, 11) is 0. The first-order valence-electron chi connectivity index (χ1n) is 9.10. The lowest BCUT2D eigenvalue weighted by molar-refractivity contribution is -0.122. The third-order valence-corrected chi connectivity index (χ3v) is 6.01. The third kappa shape index (κ3) is 4.89. The van der Waals surface area contributed by atoms with E-state index in [-0.39, 0.29) is 33.0 Å². The number of ether oxygens (including phenoxy) is 2. The topological polar surface area (TPSA) is 91.7 Å². The maximum absolute atomic E-state index is 13.2. The van der Waals surface area contributed by atoms with Crippen LogP contribution in [-0.4, -0.2) is 30.1 Å². The summed E-state index contributed by atoms with van der Waals surface area (Å²) in [5.74, 6) is -0.635. The number of hydrogen-bond acceptors (Lipinski definition) is 6. The minimum Gasteiger partial charge on any atom is -0.490 e. The summed E-state index contributed by atoms with van der Waals surface area (Å²) < 4.78 is 11.5. The number of halogens is 3. The number of benzene rings is 2. The van der Waals surface area contributed by atoms with Crippen molar-refractivity contribution < 1.29 is 19.1 Å². The van der Waals surface area contributed by atoms with Crippen LogP contribution in [0.4, 0.5) is 5.69 Å². The van der Waals surface area contributed by atoms with Crippen molar-refractivity contribution in [2.75, 3.05) is 18.1 Å². The Morgan fingerprint density at radius 1 is 1.25 bits per heavy atom. The van der Waals surface area contributed by atoms with Gasteiger partial charge in [-0.2, -0.15) is 5.26 Å². The Kier molecular flexibility index (Phi) is 7.74. The molecule has 7 nitrogen and oxygen atoms in total. The molecule has 164 valence electrons. The molecule has 1 heterocycles. The second-order valence-electron chi connectivity index (χ2n) is 6.23. The maximum atomic E-state index is 13.2. The Morgan fingerprint density at radius 3 is 2.66 bits per heavy atom. The van der Waals surface area contributed by atoms with E-state index in [4.69, 9.17) is 50.2 Å². The van der Waals surface area contributed by atoms with E-state index in [1.165, 1.54) is 6.08 Å². The van der Waals surface area contributed by atoms with Crippen molar-refractivity contribution in [1.29, 1.82) is 5.26 Å². The first-order valence-corrected chi connectivity index (χ1v) is 11.1. The van der Waals surface area contributed by atoms with Gasteiger partial charge in [0.1, 0.15) is 11.6 Å². The first-order chi connectivity index (χ1) is 15.3. The summed E-state index contributed by atoms with van der Waals surface area (Å²) in [6, 6.07) is 9.83. The molecule has 1 aliphatic heterocycles. The molecule has 0 radical (unpaired) electrons. The molecule has 0 unspecified atom stereocenters. The van der Waals surface area contributed by atoms with Gasteiger partial charge in [-0.15, -0.1) is 0 Å². The van der Waals surface area contributed by atoms with E-state index in [9.17, 15) is 9.59 Å². The van der Waals surface area contributed by atoms with Crippen molar-refractivity contribution in [3.05, 3.63) is 56.0 Å². The van der Waals surface area contributed by atoms with Crippen LogP contribution in [0.5, 0.6) is 11.5 Å². The van der Waals surface area contributed by atoms with Gasteiger partial charge in [-0.3, -0.25) is 19.8 Å². The van der Waals surface area contributed by atoms with Gasteiger partial charge in [0.15, 0.2) is 23.2 Å². The lowest BCUT2D eigenvalue weighted by Gasteiger charge is -2.29. The van der Waals surface area contributed by atoms with Crippen LogP contribution in [0.3, 0.4) is 0 Å². The average molecular weight is 555 g/mol. The van der Waals surface area contributed by atoms with Gasteiger partial charge in [-0.25, -0.2) is 0 Å². The molecule has 11 heteroatoms. The SMILES string of the molecule is CCOc1cc(/C=C2\C(=O)NC(=S)N(c3cccc(Cl)c3Cl)C2=O)c(Br)cc1OCC#N. The predicted octanol–water partition coefficient (Wildman–Crippen LogP) is 4.89. The van der Waals surface area contributed by atoms with Crippen LogP contribution < -0.4 is 19.7 Å². The van der Waals surface area contributed by atoms with Gasteiger partial charge in [-0.1, -0.05) is 45.2 Å². The Morgan fingerprint density at radius 2 is 1.97 bits per heavy atom. The van der Waals surface area contributed by atoms with Crippen molar-refractivity contribution in [3.8, 4) is 17.6 Å². The second kappa shape index (κ2) is 10.3. The van der Waals surface area contributed by atoms with Crippen LogP contribution in [0.1, 0.15) is 12.5 Å². The minimum absolute atomic E-state index is 0.115. The van der Waals surface area contributed by atoms with Crippen LogP contribution in [-0.2, 0) is 9.59 Å². The van der Waals surface area contributed by atoms with Gasteiger partial charge in [0.2, 0.25) is 0 Å². The number of carbonyl (C=O) groups excluding carboxylic acids is 2. The molecule has 0 bridgehead atoms. The molecule has 2 aromatic carbocycles. The number of amides is 2. The molecule has 2 amide bonds. The van der Waals surface area contributed by atoms with E-state index in [0.717, 1.165) is 4.90 Å². The molecule has 0 spiro atoms. The number of nitriles is 1. The van der Waals surface area contributed by atoms with E-state index in [2.05, 4.69) is 21.2 Å². The average Bonchev–Trinajstić information content (AvgIpc) is 2.74. The van der Waals surface area contributed by atoms with Gasteiger partial charge in [0.05, 0.1) is 22.3 Å². The quantitative estimate of drug-likeness (QED) is 0.310. The fourth-order valence-electron chi connectivity index (χ4n) is 2.85. The molecule has 0 aliphatic carbocycles. The van der Waals surface area contributed by atoms with E-state index >= 15 is 0 Å². The molecule has 1 saturated heterocycles. The van der Waals surface area contributed by atoms with E-state index in [0.29, 0.717) is 28.1 Å². The Labute approximate surface area is 207 Å². The van der Waals surface area contributed by atoms with Gasteiger partial charge in [0.25, 0.3) is 11.8 Å². The molecular formula is C21H14BrCl2N3O4S. The third-order valence-electron chi connectivity index (χ3n) is 4.23. The van der Waals surface area contributed by atoms with Gasteiger partial charge >= 0.3 is 0 Å². The van der Waals surface area contributed by atoms with Crippen LogP contribution in [0.25, 0.3) is 6.08 Å². The van der Waals surface area contributed by atoms with E-state index in [1.54, 1.807) is 37.3 Å². The fourth-order valence-corrected chi connectivity index (χ4v) is 3.94. The van der Waals surface area contributed by atoms with Crippen molar-refractivity contribution in [2.45, 2.75) is 6.92 Å². The zero-order valence-electron chi connectivity index (χ0n) is 16.4. The molecule has 1 N–H and O–H groups in total. The summed E-state index contributed by atoms with van der Waals surface area (Å²) in [5.41, 5.74) is 0.541. The number of thiocarbonyl (C=S) groups is 1. The molecule has 2 aromatic rings. The number of carbonyl (C=O) groups is 2. The van der Waals surface area contributed by atoms with E-state index < -0.39 is 11.8 Å². The molecule has 1 fully saturated rings. The molecule has 3 rings (SSSR count). The van der Waals surface area contributed by atoms with Gasteiger partial charge in [0, 0.05) is 4.47 Å². The Bertz CT molecular complexity index is 1200. The van der Waals surface area contributed by atoms with Crippen LogP contribution in [0.15, 0.2) is 40.4 Å². The zero-order valence-corrected chi connectivity index (χ0v) is 20.4. The highest BCUT2D eigenvalue weighted by Gasteiger charge is 2.36. The van der Waals surface area contributed by atoms with E-state index in [1.807, 2.05) is 6.07 Å². The number of nitrogens with one attached hydrogen (secondary N) is 1. The molecule has 32 heavy (non-hydrogen) atoms. The summed E-state index contributed by atoms with van der Waals surface area (Å²) in [6.45, 7) is 1.97. The first kappa shape index (κ1) is 24.0. The summed E-state index contributed by atoms with van der Waals surface area (Å²) in [5, 5.41) is 11.5. The normalized spacial score (nSPS) is 14.9. The van der Waals surface area contributed by atoms with Crippen molar-refractivity contribution >= 4 is 80.0 Å². The second-order valence-corrected chi connectivity index (χ2v) is 8.26. The molecule has 0 saturated carbocycles. The lowest BCUT2D eigenvalue weighted by atomic mass is 10.1. The van der Waals surface area contributed by atoms with Crippen molar-refractivity contribution in [3.63, 3.8) is 0 Å². The largest absolute Gasteiger partial charge is 0.490 e. The number of hydrogen-bond donors (Lipinski definition) is 1. The molecule has 0 aromatic heterocycles. The summed E-state index contributed by atoms with van der Waals surface area (Å²) in [4.78, 5) is 27.0. The maximum Gasteiger partial charge on any atom is 0.270 e. The minimum atomic E-state index is -0.669. The van der Waals surface area contributed by atoms with Crippen LogP contribution in [0, 0.1) is 11.3 Å². The smallest absolute Gasteiger partial charge is 0.270 e. The number of rotatable bonds is 6. The van der Waals surface area contributed by atoms with Crippen molar-refractivity contribution in [1.82, 2.24) is 5.32 Å². The van der Waals surface area contributed by atoms with Gasteiger partial charge in [-0.05, 0) is 55.0 Å². The molecule has 1 aliphatic rings. The standard InChI is InChI=1S/C21H14BrCl2N3O4S/c1-2-30-16-9-11(13(22)10-17(16)31-7-6-25)8-12-19(28)26-21(32)27(20(12)29)15-5-3-4-14(23)18(15)24/h3-5,8-10H,2,7H2,1H3,(H,26,28,32)/b12-8+. The predicted molar refractivity (Wildman–Crippen MR) is 129 cm³/mol. The number of nitrogens with zero attached hydrogens (tertiary/aromatic N) is 2.